The SMILES string of the molecule is Nc1nccc2c1c(I)nn2-c1ccc(C=O)cc1. The Morgan fingerprint density at radius 2 is 1.95 bits per heavy atom. The predicted octanol–water partition coefficient (Wildman–Crippen LogP) is 2.42. The molecule has 5 nitrogen and oxygen atoms in total. The Bertz CT molecular complexity index is 764. The van der Waals surface area contributed by atoms with Gasteiger partial charge in [0, 0.05) is 11.8 Å². The van der Waals surface area contributed by atoms with Crippen molar-refractivity contribution in [3.8, 4) is 5.69 Å². The van der Waals surface area contributed by atoms with Gasteiger partial charge in [-0.1, -0.05) is 0 Å². The Morgan fingerprint density at radius 1 is 1.21 bits per heavy atom. The zero-order valence-corrected chi connectivity index (χ0v) is 11.9. The molecule has 0 bridgehead atoms. The van der Waals surface area contributed by atoms with Crippen LogP contribution in [0.5, 0.6) is 0 Å². The first-order valence-corrected chi connectivity index (χ1v) is 6.63. The maximum Gasteiger partial charge on any atom is 0.150 e. The zero-order valence-electron chi connectivity index (χ0n) is 9.75. The Labute approximate surface area is 122 Å². The molecule has 0 aliphatic carbocycles. The molecule has 19 heavy (non-hydrogen) atoms. The highest BCUT2D eigenvalue weighted by atomic mass is 127. The minimum atomic E-state index is 0.470. The molecular weight excluding hydrogens is 355 g/mol. The fraction of sp³-hybridized carbons (Fsp3) is 0. The van der Waals surface area contributed by atoms with E-state index in [0.717, 1.165) is 26.6 Å². The van der Waals surface area contributed by atoms with Crippen molar-refractivity contribution in [3.05, 3.63) is 45.8 Å². The lowest BCUT2D eigenvalue weighted by atomic mass is 10.2. The predicted molar refractivity (Wildman–Crippen MR) is 81.4 cm³/mol. The molecule has 3 aromatic rings. The number of aldehydes is 1. The van der Waals surface area contributed by atoms with Crippen molar-refractivity contribution in [1.29, 1.82) is 0 Å². The second-order valence-corrected chi connectivity index (χ2v) is 5.02. The highest BCUT2D eigenvalue weighted by molar-refractivity contribution is 14.1. The molecule has 0 aliphatic heterocycles. The Morgan fingerprint density at radius 3 is 2.63 bits per heavy atom. The van der Waals surface area contributed by atoms with Crippen molar-refractivity contribution in [2.45, 2.75) is 0 Å². The van der Waals surface area contributed by atoms with Gasteiger partial charge in [-0.3, -0.25) is 4.79 Å². The van der Waals surface area contributed by atoms with Crippen LogP contribution in [0, 0.1) is 3.70 Å². The van der Waals surface area contributed by atoms with Crippen LogP contribution in [0.4, 0.5) is 5.82 Å². The van der Waals surface area contributed by atoms with Gasteiger partial charge in [-0.25, -0.2) is 9.67 Å². The largest absolute Gasteiger partial charge is 0.383 e. The topological polar surface area (TPSA) is 73.8 Å². The van der Waals surface area contributed by atoms with Crippen molar-refractivity contribution in [2.24, 2.45) is 0 Å². The molecule has 0 unspecified atom stereocenters. The first-order chi connectivity index (χ1) is 9.20. The molecule has 0 radical (unpaired) electrons. The average Bonchev–Trinajstić information content (AvgIpc) is 2.78. The number of nitrogen functional groups attached to an aromatic ring is 1. The number of anilines is 1. The molecule has 1 aromatic carbocycles. The molecule has 2 aromatic heterocycles. The number of nitrogens with zero attached hydrogens (tertiary/aromatic N) is 3. The van der Waals surface area contributed by atoms with Gasteiger partial charge in [0.05, 0.1) is 16.6 Å². The third-order valence-corrected chi connectivity index (χ3v) is 3.61. The quantitative estimate of drug-likeness (QED) is 0.560. The number of benzene rings is 1. The second-order valence-electron chi connectivity index (χ2n) is 4.00. The summed E-state index contributed by atoms with van der Waals surface area (Å²) in [5.74, 6) is 0.470. The van der Waals surface area contributed by atoms with E-state index in [1.165, 1.54) is 0 Å². The second kappa shape index (κ2) is 4.61. The summed E-state index contributed by atoms with van der Waals surface area (Å²) in [6.45, 7) is 0. The Kier molecular flexibility index (Phi) is 2.94. The molecule has 0 atom stereocenters. The first kappa shape index (κ1) is 12.1. The molecule has 2 N–H and O–H groups in total. The van der Waals surface area contributed by atoms with Crippen LogP contribution in [0.2, 0.25) is 0 Å². The van der Waals surface area contributed by atoms with Gasteiger partial charge >= 0.3 is 0 Å². The number of nitrogens with two attached hydrogens (primary N) is 1. The lowest BCUT2D eigenvalue weighted by molar-refractivity contribution is 0.112. The number of hydrogen-bond acceptors (Lipinski definition) is 4. The third-order valence-electron chi connectivity index (χ3n) is 2.85. The van der Waals surface area contributed by atoms with Crippen LogP contribution in [-0.2, 0) is 0 Å². The van der Waals surface area contributed by atoms with Gasteiger partial charge in [-0.2, -0.15) is 5.10 Å². The van der Waals surface area contributed by atoms with E-state index in [0.29, 0.717) is 11.4 Å². The molecule has 0 saturated carbocycles. The number of carbonyl (C=O) groups excluding carboxylic acids is 1. The standard InChI is InChI=1S/C13H9IN4O/c14-12-11-10(5-6-16-13(11)15)18(17-12)9-3-1-8(7-19)2-4-9/h1-7H,(H2,15,16). The highest BCUT2D eigenvalue weighted by Crippen LogP contribution is 2.26. The molecular formula is C13H9IN4O. The summed E-state index contributed by atoms with van der Waals surface area (Å²) in [6, 6.07) is 9.08. The molecule has 6 heteroatoms. The Balaban J connectivity index is 2.24. The first-order valence-electron chi connectivity index (χ1n) is 5.55. The minimum absolute atomic E-state index is 0.470. The van der Waals surface area contributed by atoms with Crippen LogP contribution in [-0.4, -0.2) is 21.1 Å². The minimum Gasteiger partial charge on any atom is -0.383 e. The summed E-state index contributed by atoms with van der Waals surface area (Å²) in [4.78, 5) is 14.7. The van der Waals surface area contributed by atoms with Gasteiger partial charge in [-0.15, -0.1) is 0 Å². The van der Waals surface area contributed by atoms with Gasteiger partial charge in [0.25, 0.3) is 0 Å². The van der Waals surface area contributed by atoms with E-state index in [1.807, 2.05) is 18.2 Å². The summed E-state index contributed by atoms with van der Waals surface area (Å²) < 4.78 is 2.60. The summed E-state index contributed by atoms with van der Waals surface area (Å²) >= 11 is 2.14. The van der Waals surface area contributed by atoms with Crippen molar-refractivity contribution in [2.75, 3.05) is 5.73 Å². The van der Waals surface area contributed by atoms with E-state index < -0.39 is 0 Å². The monoisotopic (exact) mass is 364 g/mol. The van der Waals surface area contributed by atoms with E-state index in [1.54, 1.807) is 23.0 Å². The number of aromatic nitrogens is 3. The van der Waals surface area contributed by atoms with E-state index in [-0.39, 0.29) is 0 Å². The number of carbonyl (C=O) groups is 1. The summed E-state index contributed by atoms with van der Waals surface area (Å²) in [7, 11) is 0. The van der Waals surface area contributed by atoms with Crippen LogP contribution in [0.3, 0.4) is 0 Å². The van der Waals surface area contributed by atoms with Crippen LogP contribution in [0.1, 0.15) is 10.4 Å². The van der Waals surface area contributed by atoms with Crippen molar-refractivity contribution in [1.82, 2.24) is 14.8 Å². The molecule has 94 valence electrons. The molecule has 3 rings (SSSR count). The summed E-state index contributed by atoms with van der Waals surface area (Å²) in [5, 5.41) is 5.32. The fourth-order valence-electron chi connectivity index (χ4n) is 1.94. The van der Waals surface area contributed by atoms with Gasteiger partial charge in [0.2, 0.25) is 0 Å². The number of halogens is 1. The molecule has 0 fully saturated rings. The van der Waals surface area contributed by atoms with Gasteiger partial charge in [-0.05, 0) is 52.9 Å². The van der Waals surface area contributed by atoms with E-state index >= 15 is 0 Å². The lowest BCUT2D eigenvalue weighted by Crippen LogP contribution is -1.97. The third kappa shape index (κ3) is 1.97. The molecule has 2 heterocycles. The Hall–Kier alpha value is -1.96. The maximum atomic E-state index is 10.7. The van der Waals surface area contributed by atoms with E-state index in [9.17, 15) is 4.79 Å². The van der Waals surface area contributed by atoms with Gasteiger partial charge < -0.3 is 5.73 Å². The number of rotatable bonds is 2. The average molecular weight is 364 g/mol. The smallest absolute Gasteiger partial charge is 0.150 e. The van der Waals surface area contributed by atoms with Crippen LogP contribution in [0.15, 0.2) is 36.5 Å². The van der Waals surface area contributed by atoms with Crippen LogP contribution in [0.25, 0.3) is 16.6 Å². The molecule has 0 aliphatic rings. The van der Waals surface area contributed by atoms with Crippen LogP contribution < -0.4 is 5.73 Å². The maximum absolute atomic E-state index is 10.7. The van der Waals surface area contributed by atoms with E-state index in [4.69, 9.17) is 5.73 Å². The fourth-order valence-corrected chi connectivity index (χ4v) is 2.71. The number of fused-ring (bicyclic) bond motifs is 1. The van der Waals surface area contributed by atoms with E-state index in [2.05, 4.69) is 32.7 Å². The molecule has 0 amide bonds. The van der Waals surface area contributed by atoms with Crippen molar-refractivity contribution < 1.29 is 4.79 Å². The van der Waals surface area contributed by atoms with Gasteiger partial charge in [0.15, 0.2) is 0 Å². The highest BCUT2D eigenvalue weighted by Gasteiger charge is 2.12. The van der Waals surface area contributed by atoms with Crippen molar-refractivity contribution >= 4 is 45.6 Å². The molecule has 0 saturated heterocycles. The summed E-state index contributed by atoms with van der Waals surface area (Å²) in [6.07, 6.45) is 2.47. The zero-order chi connectivity index (χ0) is 13.4. The normalized spacial score (nSPS) is 10.8. The molecule has 0 spiro atoms. The summed E-state index contributed by atoms with van der Waals surface area (Å²) in [5.41, 5.74) is 8.29. The van der Waals surface area contributed by atoms with Crippen molar-refractivity contribution in [3.63, 3.8) is 0 Å². The van der Waals surface area contributed by atoms with Crippen LogP contribution >= 0.6 is 22.6 Å². The number of hydrogen-bond donors (Lipinski definition) is 1. The van der Waals surface area contributed by atoms with Gasteiger partial charge in [0.1, 0.15) is 15.8 Å². The lowest BCUT2D eigenvalue weighted by Gasteiger charge is -2.03. The number of pyridine rings is 1.